The van der Waals surface area contributed by atoms with Crippen molar-refractivity contribution in [1.82, 2.24) is 10.2 Å². The topological polar surface area (TPSA) is 130 Å². The van der Waals surface area contributed by atoms with Crippen LogP contribution in [-0.2, 0) is 4.79 Å². The van der Waals surface area contributed by atoms with E-state index < -0.39 is 4.92 Å². The van der Waals surface area contributed by atoms with Crippen LogP contribution in [0.1, 0.15) is 0 Å². The van der Waals surface area contributed by atoms with Crippen LogP contribution in [0.3, 0.4) is 0 Å². The van der Waals surface area contributed by atoms with Crippen LogP contribution in [0.5, 0.6) is 11.5 Å². The van der Waals surface area contributed by atoms with Crippen LogP contribution in [0.4, 0.5) is 11.4 Å². The van der Waals surface area contributed by atoms with Crippen LogP contribution in [0.2, 0.25) is 0 Å². The van der Waals surface area contributed by atoms with Gasteiger partial charge in [0.15, 0.2) is 11.5 Å². The third kappa shape index (κ3) is 4.46. The number of non-ortho nitro benzene ring substituents is 1. The normalized spacial score (nSPS) is 12.4. The van der Waals surface area contributed by atoms with Gasteiger partial charge in [0.2, 0.25) is 11.8 Å². The van der Waals surface area contributed by atoms with Crippen molar-refractivity contribution < 1.29 is 23.6 Å². The Hall–Kier alpha value is -3.60. The van der Waals surface area contributed by atoms with Crippen LogP contribution in [-0.4, -0.2) is 40.0 Å². The molecule has 2 heterocycles. The average molecular weight is 414 g/mol. The Balaban J connectivity index is 1.35. The number of hydrogen-bond donors (Lipinski definition) is 1. The highest BCUT2D eigenvalue weighted by Crippen LogP contribution is 2.32. The van der Waals surface area contributed by atoms with E-state index in [0.717, 1.165) is 11.8 Å². The second-order valence-corrected chi connectivity index (χ2v) is 6.80. The molecule has 0 unspecified atom stereocenters. The Kier molecular flexibility index (Phi) is 5.29. The number of benzene rings is 2. The highest BCUT2D eigenvalue weighted by Gasteiger charge is 2.15. The molecule has 10 nitrogen and oxygen atoms in total. The zero-order valence-electron chi connectivity index (χ0n) is 14.9. The number of nitro benzene ring substituents is 1. The molecule has 29 heavy (non-hydrogen) atoms. The van der Waals surface area contributed by atoms with Gasteiger partial charge in [-0.15, -0.1) is 10.2 Å². The number of carbonyl (C=O) groups is 1. The number of ether oxygens (including phenoxy) is 2. The van der Waals surface area contributed by atoms with E-state index in [2.05, 4.69) is 15.5 Å². The summed E-state index contributed by atoms with van der Waals surface area (Å²) in [7, 11) is 0. The van der Waals surface area contributed by atoms with Crippen molar-refractivity contribution in [3.63, 3.8) is 0 Å². The van der Waals surface area contributed by atoms with Gasteiger partial charge >= 0.3 is 0 Å². The Bertz CT molecular complexity index is 1070. The van der Waals surface area contributed by atoms with Crippen molar-refractivity contribution in [3.05, 3.63) is 52.6 Å². The molecule has 0 fully saturated rings. The second-order valence-electron chi connectivity index (χ2n) is 5.88. The fraction of sp³-hybridized carbons (Fsp3) is 0.167. The molecule has 3 aromatic rings. The van der Waals surface area contributed by atoms with Gasteiger partial charge in [0.1, 0.15) is 13.2 Å². The molecule has 148 valence electrons. The summed E-state index contributed by atoms with van der Waals surface area (Å²) in [4.78, 5) is 22.6. The third-order valence-corrected chi connectivity index (χ3v) is 4.68. The first-order valence-electron chi connectivity index (χ1n) is 8.49. The van der Waals surface area contributed by atoms with E-state index in [0.29, 0.717) is 36.0 Å². The van der Waals surface area contributed by atoms with Crippen molar-refractivity contribution >= 4 is 29.0 Å². The predicted molar refractivity (Wildman–Crippen MR) is 103 cm³/mol. The standard InChI is InChI=1S/C18H14N4O6S/c23-16(19-12-4-5-14-15(9-12)27-7-6-26-14)10-29-18-21-20-17(28-18)11-2-1-3-13(8-11)22(24)25/h1-5,8-9H,6-7,10H2,(H,19,23). The maximum absolute atomic E-state index is 12.2. The maximum Gasteiger partial charge on any atom is 0.277 e. The molecular formula is C18H14N4O6S. The van der Waals surface area contributed by atoms with Gasteiger partial charge in [-0.1, -0.05) is 17.8 Å². The maximum atomic E-state index is 12.2. The lowest BCUT2D eigenvalue weighted by molar-refractivity contribution is -0.384. The first kappa shape index (κ1) is 18.7. The third-order valence-electron chi connectivity index (χ3n) is 3.86. The summed E-state index contributed by atoms with van der Waals surface area (Å²) in [6.45, 7) is 0.960. The number of fused-ring (bicyclic) bond motifs is 1. The predicted octanol–water partition coefficient (Wildman–Crippen LogP) is 3.15. The number of nitro groups is 1. The van der Waals surface area contributed by atoms with Crippen molar-refractivity contribution in [2.75, 3.05) is 24.3 Å². The fourth-order valence-electron chi connectivity index (χ4n) is 2.58. The molecular weight excluding hydrogens is 400 g/mol. The molecule has 1 N–H and O–H groups in total. The smallest absolute Gasteiger partial charge is 0.277 e. The molecule has 1 aliphatic heterocycles. The molecule has 0 atom stereocenters. The van der Waals surface area contributed by atoms with E-state index in [-0.39, 0.29) is 28.5 Å². The Morgan fingerprint density at radius 3 is 2.79 bits per heavy atom. The summed E-state index contributed by atoms with van der Waals surface area (Å²) in [6, 6.07) is 11.0. The zero-order chi connectivity index (χ0) is 20.2. The van der Waals surface area contributed by atoms with Gasteiger partial charge in [-0.3, -0.25) is 14.9 Å². The van der Waals surface area contributed by atoms with E-state index in [9.17, 15) is 14.9 Å². The number of anilines is 1. The summed E-state index contributed by atoms with van der Waals surface area (Å²) < 4.78 is 16.4. The summed E-state index contributed by atoms with van der Waals surface area (Å²) >= 11 is 1.06. The van der Waals surface area contributed by atoms with Crippen LogP contribution in [0.25, 0.3) is 11.5 Å². The summed E-state index contributed by atoms with van der Waals surface area (Å²) in [6.07, 6.45) is 0. The lowest BCUT2D eigenvalue weighted by Crippen LogP contribution is -2.17. The Labute approximate surface area is 168 Å². The number of carbonyl (C=O) groups excluding carboxylic acids is 1. The first-order chi connectivity index (χ1) is 14.1. The Morgan fingerprint density at radius 1 is 1.14 bits per heavy atom. The largest absolute Gasteiger partial charge is 0.486 e. The van der Waals surface area contributed by atoms with Gasteiger partial charge in [-0.25, -0.2) is 0 Å². The van der Waals surface area contributed by atoms with Gasteiger partial charge in [0.05, 0.1) is 10.7 Å². The van der Waals surface area contributed by atoms with E-state index in [1.807, 2.05) is 0 Å². The number of rotatable bonds is 6. The van der Waals surface area contributed by atoms with Crippen molar-refractivity contribution in [2.45, 2.75) is 5.22 Å². The zero-order valence-corrected chi connectivity index (χ0v) is 15.7. The highest BCUT2D eigenvalue weighted by atomic mass is 32.2. The molecule has 0 aliphatic carbocycles. The average Bonchev–Trinajstić information content (AvgIpc) is 3.21. The number of thioether (sulfide) groups is 1. The molecule has 1 aliphatic rings. The number of hydrogen-bond acceptors (Lipinski definition) is 9. The molecule has 4 rings (SSSR count). The van der Waals surface area contributed by atoms with E-state index in [4.69, 9.17) is 13.9 Å². The van der Waals surface area contributed by atoms with Crippen LogP contribution >= 0.6 is 11.8 Å². The fourth-order valence-corrected chi connectivity index (χ4v) is 3.15. The molecule has 1 amide bonds. The van der Waals surface area contributed by atoms with Crippen molar-refractivity contribution in [3.8, 4) is 23.0 Å². The quantitative estimate of drug-likeness (QED) is 0.367. The highest BCUT2D eigenvalue weighted by molar-refractivity contribution is 7.99. The Morgan fingerprint density at radius 2 is 1.97 bits per heavy atom. The molecule has 0 bridgehead atoms. The number of amides is 1. The minimum Gasteiger partial charge on any atom is -0.486 e. The van der Waals surface area contributed by atoms with E-state index >= 15 is 0 Å². The van der Waals surface area contributed by atoms with Gasteiger partial charge in [-0.05, 0) is 18.2 Å². The van der Waals surface area contributed by atoms with Crippen LogP contribution in [0, 0.1) is 10.1 Å². The van der Waals surface area contributed by atoms with Crippen molar-refractivity contribution in [1.29, 1.82) is 0 Å². The molecule has 0 radical (unpaired) electrons. The summed E-state index contributed by atoms with van der Waals surface area (Å²) in [5.41, 5.74) is 0.940. The summed E-state index contributed by atoms with van der Waals surface area (Å²) in [5, 5.41) is 21.6. The monoisotopic (exact) mass is 414 g/mol. The van der Waals surface area contributed by atoms with Gasteiger partial charge < -0.3 is 19.2 Å². The molecule has 0 spiro atoms. The molecule has 0 saturated carbocycles. The SMILES string of the molecule is O=C(CSc1nnc(-c2cccc([N+](=O)[O-])c2)o1)Nc1ccc2c(c1)OCCO2. The van der Waals surface area contributed by atoms with Gasteiger partial charge in [0.25, 0.3) is 10.9 Å². The minimum absolute atomic E-state index is 0.0466. The van der Waals surface area contributed by atoms with Gasteiger partial charge in [-0.2, -0.15) is 0 Å². The van der Waals surface area contributed by atoms with E-state index in [1.165, 1.54) is 18.2 Å². The lowest BCUT2D eigenvalue weighted by atomic mass is 10.2. The summed E-state index contributed by atoms with van der Waals surface area (Å²) in [5.74, 6) is 1.15. The van der Waals surface area contributed by atoms with E-state index in [1.54, 1.807) is 24.3 Å². The van der Waals surface area contributed by atoms with Crippen molar-refractivity contribution in [2.24, 2.45) is 0 Å². The molecule has 2 aromatic carbocycles. The molecule has 11 heteroatoms. The van der Waals surface area contributed by atoms with Crippen LogP contribution < -0.4 is 14.8 Å². The molecule has 0 saturated heterocycles. The number of nitrogens with zero attached hydrogens (tertiary/aromatic N) is 3. The minimum atomic E-state index is -0.502. The lowest BCUT2D eigenvalue weighted by Gasteiger charge is -2.18. The first-order valence-corrected chi connectivity index (χ1v) is 9.48. The second kappa shape index (κ2) is 8.19. The van der Waals surface area contributed by atoms with Gasteiger partial charge in [0, 0.05) is 29.4 Å². The molecule has 1 aromatic heterocycles. The number of aromatic nitrogens is 2. The number of nitrogens with one attached hydrogen (secondary N) is 1. The van der Waals surface area contributed by atoms with Crippen LogP contribution in [0.15, 0.2) is 52.1 Å².